The summed E-state index contributed by atoms with van der Waals surface area (Å²) in [6, 6.07) is 9.23. The van der Waals surface area contributed by atoms with Gasteiger partial charge in [-0.1, -0.05) is 25.1 Å². The fourth-order valence-electron chi connectivity index (χ4n) is 2.63. The molecule has 86 valence electrons. The zero-order valence-corrected chi connectivity index (χ0v) is 9.87. The second-order valence-electron chi connectivity index (χ2n) is 5.33. The summed E-state index contributed by atoms with van der Waals surface area (Å²) >= 11 is 0. The Labute approximate surface area is 97.4 Å². The number of fused-ring (bicyclic) bond motifs is 1. The minimum Gasteiger partial charge on any atom is -0.380 e. The van der Waals surface area contributed by atoms with Crippen molar-refractivity contribution in [1.29, 1.82) is 0 Å². The van der Waals surface area contributed by atoms with E-state index in [4.69, 9.17) is 0 Å². The molecular weight excluding hydrogens is 196 g/mol. The van der Waals surface area contributed by atoms with Crippen LogP contribution in [-0.2, 0) is 6.42 Å². The molecule has 0 spiro atoms. The Kier molecular flexibility index (Phi) is 2.60. The van der Waals surface area contributed by atoms with Gasteiger partial charge in [0.25, 0.3) is 0 Å². The second kappa shape index (κ2) is 4.10. The van der Waals surface area contributed by atoms with Gasteiger partial charge in [-0.3, -0.25) is 0 Å². The van der Waals surface area contributed by atoms with Gasteiger partial charge in [0.1, 0.15) is 0 Å². The molecule has 0 amide bonds. The average Bonchev–Trinajstić information content (AvgIpc) is 2.84. The number of para-hydroxylation sites is 1. The quantitative estimate of drug-likeness (QED) is 0.807. The molecule has 0 radical (unpaired) electrons. The van der Waals surface area contributed by atoms with Crippen LogP contribution in [0.25, 0.3) is 0 Å². The third-order valence-corrected chi connectivity index (χ3v) is 3.92. The predicted octanol–water partition coefficient (Wildman–Crippen LogP) is 2.27. The molecule has 1 aromatic carbocycles. The predicted molar refractivity (Wildman–Crippen MR) is 67.7 cm³/mol. The Bertz CT molecular complexity index is 350. The highest BCUT2D eigenvalue weighted by Gasteiger charge is 2.32. The van der Waals surface area contributed by atoms with Gasteiger partial charge in [-0.2, -0.15) is 0 Å². The average molecular weight is 216 g/mol. The molecule has 0 saturated heterocycles. The maximum absolute atomic E-state index is 3.59. The normalized spacial score (nSPS) is 30.9. The van der Waals surface area contributed by atoms with Crippen molar-refractivity contribution in [1.82, 2.24) is 5.32 Å². The van der Waals surface area contributed by atoms with Crippen LogP contribution in [-0.4, -0.2) is 19.1 Å². The highest BCUT2D eigenvalue weighted by atomic mass is 15.0. The van der Waals surface area contributed by atoms with Crippen LogP contribution in [0.4, 0.5) is 5.69 Å². The molecule has 0 aromatic heterocycles. The first-order valence-electron chi connectivity index (χ1n) is 6.38. The fourth-order valence-corrected chi connectivity index (χ4v) is 2.63. The third-order valence-electron chi connectivity index (χ3n) is 3.92. The molecule has 1 fully saturated rings. The fraction of sp³-hybridized carbons (Fsp3) is 0.571. The molecule has 3 atom stereocenters. The van der Waals surface area contributed by atoms with Gasteiger partial charge < -0.3 is 10.6 Å². The van der Waals surface area contributed by atoms with Crippen LogP contribution in [0.3, 0.4) is 0 Å². The molecule has 2 N–H and O–H groups in total. The lowest BCUT2D eigenvalue weighted by atomic mass is 10.1. The number of hydrogen-bond acceptors (Lipinski definition) is 2. The minimum absolute atomic E-state index is 0.589. The second-order valence-corrected chi connectivity index (χ2v) is 5.33. The van der Waals surface area contributed by atoms with E-state index in [2.05, 4.69) is 41.8 Å². The first-order chi connectivity index (χ1) is 7.83. The van der Waals surface area contributed by atoms with Crippen molar-refractivity contribution in [2.24, 2.45) is 11.8 Å². The van der Waals surface area contributed by atoms with E-state index in [1.54, 1.807) is 0 Å². The van der Waals surface area contributed by atoms with Crippen LogP contribution in [0.15, 0.2) is 24.3 Å². The van der Waals surface area contributed by atoms with Gasteiger partial charge in [-0.25, -0.2) is 0 Å². The molecule has 2 aliphatic rings. The van der Waals surface area contributed by atoms with Crippen LogP contribution >= 0.6 is 0 Å². The van der Waals surface area contributed by atoms with E-state index in [1.807, 2.05) is 0 Å². The van der Waals surface area contributed by atoms with Crippen LogP contribution in [0.2, 0.25) is 0 Å². The SMILES string of the molecule is CC1CC1CNCC1Cc2ccccc2N1. The lowest BCUT2D eigenvalue weighted by Crippen LogP contribution is -2.32. The number of anilines is 1. The first-order valence-corrected chi connectivity index (χ1v) is 6.38. The van der Waals surface area contributed by atoms with Crippen molar-refractivity contribution >= 4 is 5.69 Å². The minimum atomic E-state index is 0.589. The van der Waals surface area contributed by atoms with Crippen LogP contribution in [0.1, 0.15) is 18.9 Å². The standard InChI is InChI=1S/C14H20N2/c1-10-6-12(10)8-15-9-13-7-11-4-2-3-5-14(11)16-13/h2-5,10,12-13,15-16H,6-9H2,1H3. The molecule has 16 heavy (non-hydrogen) atoms. The van der Waals surface area contributed by atoms with E-state index in [9.17, 15) is 0 Å². The number of nitrogens with one attached hydrogen (secondary N) is 2. The summed E-state index contributed by atoms with van der Waals surface area (Å²) < 4.78 is 0. The zero-order valence-electron chi connectivity index (χ0n) is 9.87. The highest BCUT2D eigenvalue weighted by Crippen LogP contribution is 2.36. The van der Waals surface area contributed by atoms with E-state index in [0.717, 1.165) is 18.4 Å². The Hall–Kier alpha value is -1.02. The summed E-state index contributed by atoms with van der Waals surface area (Å²) in [7, 11) is 0. The summed E-state index contributed by atoms with van der Waals surface area (Å²) in [4.78, 5) is 0. The lowest BCUT2D eigenvalue weighted by molar-refractivity contribution is 0.572. The largest absolute Gasteiger partial charge is 0.380 e. The smallest absolute Gasteiger partial charge is 0.0427 e. The summed E-state index contributed by atoms with van der Waals surface area (Å²) in [5, 5.41) is 7.17. The molecule has 2 nitrogen and oxygen atoms in total. The van der Waals surface area contributed by atoms with Crippen LogP contribution in [0, 0.1) is 11.8 Å². The number of benzene rings is 1. The molecule has 1 aliphatic carbocycles. The van der Waals surface area contributed by atoms with Crippen LogP contribution in [0.5, 0.6) is 0 Å². The van der Waals surface area contributed by atoms with Gasteiger partial charge >= 0.3 is 0 Å². The molecule has 1 aliphatic heterocycles. The monoisotopic (exact) mass is 216 g/mol. The Balaban J connectivity index is 1.45. The van der Waals surface area contributed by atoms with E-state index in [0.29, 0.717) is 6.04 Å². The number of rotatable bonds is 4. The molecule has 3 rings (SSSR count). The van der Waals surface area contributed by atoms with Gasteiger partial charge in [-0.15, -0.1) is 0 Å². The lowest BCUT2D eigenvalue weighted by Gasteiger charge is -2.12. The molecule has 0 bridgehead atoms. The van der Waals surface area contributed by atoms with Crippen molar-refractivity contribution in [2.45, 2.75) is 25.8 Å². The van der Waals surface area contributed by atoms with E-state index in [-0.39, 0.29) is 0 Å². The van der Waals surface area contributed by atoms with Crippen molar-refractivity contribution in [2.75, 3.05) is 18.4 Å². The Morgan fingerprint density at radius 1 is 1.31 bits per heavy atom. The summed E-state index contributed by atoms with van der Waals surface area (Å²) in [6.45, 7) is 4.64. The van der Waals surface area contributed by atoms with Crippen molar-refractivity contribution in [3.05, 3.63) is 29.8 Å². The van der Waals surface area contributed by atoms with E-state index >= 15 is 0 Å². The van der Waals surface area contributed by atoms with Gasteiger partial charge in [-0.05, 0) is 42.9 Å². The van der Waals surface area contributed by atoms with Gasteiger partial charge in [0.05, 0.1) is 0 Å². The molecule has 2 heteroatoms. The summed E-state index contributed by atoms with van der Waals surface area (Å²) in [6.07, 6.45) is 2.59. The zero-order chi connectivity index (χ0) is 11.0. The first kappa shape index (κ1) is 10.2. The molecule has 1 heterocycles. The van der Waals surface area contributed by atoms with Gasteiger partial charge in [0.15, 0.2) is 0 Å². The van der Waals surface area contributed by atoms with Crippen molar-refractivity contribution < 1.29 is 0 Å². The molecular formula is C14H20N2. The maximum atomic E-state index is 3.59. The van der Waals surface area contributed by atoms with Gasteiger partial charge in [0, 0.05) is 18.3 Å². The molecule has 1 aromatic rings. The van der Waals surface area contributed by atoms with Crippen LogP contribution < -0.4 is 10.6 Å². The van der Waals surface area contributed by atoms with E-state index < -0.39 is 0 Å². The topological polar surface area (TPSA) is 24.1 Å². The Morgan fingerprint density at radius 3 is 2.88 bits per heavy atom. The number of hydrogen-bond donors (Lipinski definition) is 2. The summed E-state index contributed by atoms with van der Waals surface area (Å²) in [5.74, 6) is 1.91. The maximum Gasteiger partial charge on any atom is 0.0427 e. The summed E-state index contributed by atoms with van der Waals surface area (Å²) in [5.41, 5.74) is 2.79. The van der Waals surface area contributed by atoms with Gasteiger partial charge in [0.2, 0.25) is 0 Å². The molecule has 1 saturated carbocycles. The Morgan fingerprint density at radius 2 is 2.12 bits per heavy atom. The van der Waals surface area contributed by atoms with Crippen molar-refractivity contribution in [3.63, 3.8) is 0 Å². The third kappa shape index (κ3) is 2.07. The van der Waals surface area contributed by atoms with Crippen molar-refractivity contribution in [3.8, 4) is 0 Å². The molecule has 3 unspecified atom stereocenters. The highest BCUT2D eigenvalue weighted by molar-refractivity contribution is 5.56. The van der Waals surface area contributed by atoms with E-state index in [1.165, 1.54) is 30.6 Å².